The molecule has 1 aliphatic heterocycles. The Balaban J connectivity index is 1.82. The van der Waals surface area contributed by atoms with Crippen LogP contribution in [0.15, 0.2) is 35.8 Å². The van der Waals surface area contributed by atoms with Crippen LogP contribution in [0.25, 0.3) is 10.6 Å². The highest BCUT2D eigenvalue weighted by Crippen LogP contribution is 2.24. The largest absolute Gasteiger partial charge is 0.380 e. The second-order valence-electron chi connectivity index (χ2n) is 3.92. The van der Waals surface area contributed by atoms with Crippen molar-refractivity contribution in [2.45, 2.75) is 6.04 Å². The molecule has 2 aromatic rings. The molecule has 1 aromatic heterocycles. The van der Waals surface area contributed by atoms with Crippen molar-refractivity contribution in [2.75, 3.05) is 18.4 Å². The third-order valence-corrected chi connectivity index (χ3v) is 3.52. The van der Waals surface area contributed by atoms with E-state index in [1.54, 1.807) is 11.3 Å². The maximum atomic E-state index is 4.32. The molecule has 0 atom stereocenters. The molecule has 16 heavy (non-hydrogen) atoms. The highest BCUT2D eigenvalue weighted by atomic mass is 32.1. The predicted octanol–water partition coefficient (Wildman–Crippen LogP) is 2.19. The van der Waals surface area contributed by atoms with E-state index in [0.717, 1.165) is 18.1 Å². The first-order valence-corrected chi connectivity index (χ1v) is 6.27. The Bertz CT molecular complexity index is 463. The molecule has 0 unspecified atom stereocenters. The van der Waals surface area contributed by atoms with Gasteiger partial charge in [-0.25, -0.2) is 4.98 Å². The number of thiazole rings is 1. The van der Waals surface area contributed by atoms with Crippen LogP contribution < -0.4 is 10.6 Å². The Kier molecular flexibility index (Phi) is 2.60. The summed E-state index contributed by atoms with van der Waals surface area (Å²) in [7, 11) is 0. The van der Waals surface area contributed by atoms with Gasteiger partial charge >= 0.3 is 0 Å². The van der Waals surface area contributed by atoms with E-state index in [0.29, 0.717) is 6.04 Å². The third-order valence-electron chi connectivity index (χ3n) is 2.69. The summed E-state index contributed by atoms with van der Waals surface area (Å²) >= 11 is 1.67. The minimum atomic E-state index is 0.576. The second kappa shape index (κ2) is 4.23. The van der Waals surface area contributed by atoms with Crippen molar-refractivity contribution in [1.29, 1.82) is 0 Å². The number of hydrogen-bond donors (Lipinski definition) is 2. The van der Waals surface area contributed by atoms with Gasteiger partial charge in [-0.15, -0.1) is 11.3 Å². The van der Waals surface area contributed by atoms with Crippen molar-refractivity contribution in [3.05, 3.63) is 35.8 Å². The molecule has 1 aliphatic rings. The Hall–Kier alpha value is -1.39. The molecular weight excluding hydrogens is 218 g/mol. The lowest BCUT2D eigenvalue weighted by atomic mass is 10.1. The Morgan fingerprint density at radius 3 is 3.00 bits per heavy atom. The zero-order chi connectivity index (χ0) is 10.8. The van der Waals surface area contributed by atoms with Gasteiger partial charge < -0.3 is 10.6 Å². The summed E-state index contributed by atoms with van der Waals surface area (Å²) < 4.78 is 0. The first kappa shape index (κ1) is 9.81. The molecule has 1 aromatic carbocycles. The van der Waals surface area contributed by atoms with Gasteiger partial charge in [0.15, 0.2) is 0 Å². The average Bonchev–Trinajstić information content (AvgIpc) is 2.77. The Labute approximate surface area is 98.5 Å². The lowest BCUT2D eigenvalue weighted by Gasteiger charge is -2.29. The van der Waals surface area contributed by atoms with Gasteiger partial charge in [-0.3, -0.25) is 0 Å². The fraction of sp³-hybridized carbons (Fsp3) is 0.250. The van der Waals surface area contributed by atoms with E-state index in [9.17, 15) is 0 Å². The number of benzene rings is 1. The molecule has 0 radical (unpaired) electrons. The van der Waals surface area contributed by atoms with Crippen LogP contribution in [0.5, 0.6) is 0 Å². The number of hydrogen-bond acceptors (Lipinski definition) is 4. The molecule has 2 heterocycles. The predicted molar refractivity (Wildman–Crippen MR) is 67.8 cm³/mol. The highest BCUT2D eigenvalue weighted by Gasteiger charge is 2.15. The van der Waals surface area contributed by atoms with E-state index in [4.69, 9.17) is 0 Å². The maximum absolute atomic E-state index is 4.32. The van der Waals surface area contributed by atoms with E-state index >= 15 is 0 Å². The first-order chi connectivity index (χ1) is 7.92. The third kappa shape index (κ3) is 1.94. The van der Waals surface area contributed by atoms with Crippen LogP contribution in [0, 0.1) is 0 Å². The first-order valence-electron chi connectivity index (χ1n) is 5.39. The van der Waals surface area contributed by atoms with E-state index in [1.807, 2.05) is 11.6 Å². The molecule has 2 N–H and O–H groups in total. The molecule has 0 bridgehead atoms. The minimum absolute atomic E-state index is 0.576. The van der Waals surface area contributed by atoms with Gasteiger partial charge in [0, 0.05) is 35.9 Å². The van der Waals surface area contributed by atoms with Crippen LogP contribution in [0.2, 0.25) is 0 Å². The van der Waals surface area contributed by atoms with Gasteiger partial charge in [0.2, 0.25) is 0 Å². The van der Waals surface area contributed by atoms with Crippen LogP contribution >= 0.6 is 11.3 Å². The molecule has 3 rings (SSSR count). The van der Waals surface area contributed by atoms with E-state index < -0.39 is 0 Å². The maximum Gasteiger partial charge on any atom is 0.123 e. The SMILES string of the molecule is c1cc(NC2CNC2)cc(-c2nccs2)c1. The van der Waals surface area contributed by atoms with Gasteiger partial charge in [-0.05, 0) is 12.1 Å². The van der Waals surface area contributed by atoms with Crippen molar-refractivity contribution >= 4 is 17.0 Å². The topological polar surface area (TPSA) is 37.0 Å². The van der Waals surface area contributed by atoms with Crippen molar-refractivity contribution < 1.29 is 0 Å². The van der Waals surface area contributed by atoms with Crippen LogP contribution in [0.3, 0.4) is 0 Å². The molecule has 1 fully saturated rings. The van der Waals surface area contributed by atoms with Gasteiger partial charge in [-0.2, -0.15) is 0 Å². The second-order valence-corrected chi connectivity index (χ2v) is 4.81. The summed E-state index contributed by atoms with van der Waals surface area (Å²) in [6, 6.07) is 9.02. The average molecular weight is 231 g/mol. The number of nitrogens with zero attached hydrogens (tertiary/aromatic N) is 1. The molecule has 0 saturated carbocycles. The number of anilines is 1. The minimum Gasteiger partial charge on any atom is -0.380 e. The van der Waals surface area contributed by atoms with E-state index in [1.165, 1.54) is 11.3 Å². The lowest BCUT2D eigenvalue weighted by Crippen LogP contribution is -2.51. The summed E-state index contributed by atoms with van der Waals surface area (Å²) in [5.41, 5.74) is 2.37. The monoisotopic (exact) mass is 231 g/mol. The van der Waals surface area contributed by atoms with Crippen molar-refractivity contribution in [2.24, 2.45) is 0 Å². The van der Waals surface area contributed by atoms with Crippen LogP contribution in [-0.2, 0) is 0 Å². The van der Waals surface area contributed by atoms with Crippen LogP contribution in [0.1, 0.15) is 0 Å². The van der Waals surface area contributed by atoms with Crippen LogP contribution in [0.4, 0.5) is 5.69 Å². The summed E-state index contributed by atoms with van der Waals surface area (Å²) in [6.07, 6.45) is 1.84. The lowest BCUT2D eigenvalue weighted by molar-refractivity contribution is 0.472. The standard InChI is InChI=1S/C12H13N3S/c1-2-9(12-14-4-5-16-12)6-10(3-1)15-11-7-13-8-11/h1-6,11,13,15H,7-8H2. The fourth-order valence-corrected chi connectivity index (χ4v) is 2.37. The Morgan fingerprint density at radius 2 is 2.31 bits per heavy atom. The normalized spacial score (nSPS) is 15.8. The molecule has 0 spiro atoms. The molecule has 0 aliphatic carbocycles. The van der Waals surface area contributed by atoms with E-state index in [-0.39, 0.29) is 0 Å². The molecular formula is C12H13N3S. The summed E-state index contributed by atoms with van der Waals surface area (Å²) in [4.78, 5) is 4.32. The van der Waals surface area contributed by atoms with Gasteiger partial charge in [0.25, 0.3) is 0 Å². The highest BCUT2D eigenvalue weighted by molar-refractivity contribution is 7.13. The zero-order valence-corrected chi connectivity index (χ0v) is 9.63. The molecule has 4 heteroatoms. The van der Waals surface area contributed by atoms with Gasteiger partial charge in [0.05, 0.1) is 6.04 Å². The molecule has 1 saturated heterocycles. The van der Waals surface area contributed by atoms with Crippen molar-refractivity contribution in [3.8, 4) is 10.6 Å². The van der Waals surface area contributed by atoms with Crippen molar-refractivity contribution in [3.63, 3.8) is 0 Å². The van der Waals surface area contributed by atoms with E-state index in [2.05, 4.69) is 39.9 Å². The number of aromatic nitrogens is 1. The van der Waals surface area contributed by atoms with Crippen molar-refractivity contribution in [1.82, 2.24) is 10.3 Å². The fourth-order valence-electron chi connectivity index (χ4n) is 1.73. The van der Waals surface area contributed by atoms with Gasteiger partial charge in [0.1, 0.15) is 5.01 Å². The van der Waals surface area contributed by atoms with Gasteiger partial charge in [-0.1, -0.05) is 12.1 Å². The summed E-state index contributed by atoms with van der Waals surface area (Å²) in [5.74, 6) is 0. The molecule has 3 nitrogen and oxygen atoms in total. The molecule has 0 amide bonds. The summed E-state index contributed by atoms with van der Waals surface area (Å²) in [5, 5.41) is 9.83. The number of nitrogens with one attached hydrogen (secondary N) is 2. The number of rotatable bonds is 3. The quantitative estimate of drug-likeness (QED) is 0.850. The smallest absolute Gasteiger partial charge is 0.123 e. The molecule has 82 valence electrons. The summed E-state index contributed by atoms with van der Waals surface area (Å²) in [6.45, 7) is 2.11. The zero-order valence-electron chi connectivity index (χ0n) is 8.81. The Morgan fingerprint density at radius 1 is 1.38 bits per heavy atom. The van der Waals surface area contributed by atoms with Crippen LogP contribution in [-0.4, -0.2) is 24.1 Å².